The molecule has 2 aliphatic rings. The summed E-state index contributed by atoms with van der Waals surface area (Å²) in [4.78, 5) is 15.4. The number of amides is 1. The molecule has 1 aliphatic carbocycles. The highest BCUT2D eigenvalue weighted by Crippen LogP contribution is 2.29. The minimum Gasteiger partial charge on any atom is -0.377 e. The maximum absolute atomic E-state index is 13.2. The quantitative estimate of drug-likeness (QED) is 0.826. The number of carbonyl (C=O) groups excluding carboxylic acids is 1. The zero-order valence-corrected chi connectivity index (χ0v) is 14.6. The van der Waals surface area contributed by atoms with Gasteiger partial charge in [-0.2, -0.15) is 0 Å². The molecule has 1 fully saturated rings. The molecule has 1 aliphatic heterocycles. The first-order valence-corrected chi connectivity index (χ1v) is 9.37. The molecule has 1 amide bonds. The second-order valence-electron chi connectivity index (χ2n) is 7.06. The van der Waals surface area contributed by atoms with Gasteiger partial charge in [-0.05, 0) is 29.2 Å². The van der Waals surface area contributed by atoms with E-state index in [1.165, 1.54) is 29.2 Å². The van der Waals surface area contributed by atoms with Gasteiger partial charge in [0.2, 0.25) is 5.91 Å². The van der Waals surface area contributed by atoms with Crippen LogP contribution in [0.15, 0.2) is 54.1 Å². The first-order chi connectivity index (χ1) is 12.3. The second kappa shape index (κ2) is 7.40. The van der Waals surface area contributed by atoms with Crippen LogP contribution in [0.1, 0.15) is 37.7 Å². The van der Waals surface area contributed by atoms with Gasteiger partial charge in [0.1, 0.15) is 0 Å². The van der Waals surface area contributed by atoms with Crippen LogP contribution in [0.4, 0.5) is 0 Å². The van der Waals surface area contributed by atoms with Crippen LogP contribution in [0.25, 0.3) is 10.8 Å². The molecule has 2 aromatic carbocycles. The van der Waals surface area contributed by atoms with Crippen LogP contribution in [0.2, 0.25) is 0 Å². The lowest BCUT2D eigenvalue weighted by Crippen LogP contribution is -2.39. The minimum atomic E-state index is 0.211. The first kappa shape index (κ1) is 16.3. The number of carbonyl (C=O) groups is 1. The molecular formula is C22H25NO2. The van der Waals surface area contributed by atoms with E-state index in [0.29, 0.717) is 25.8 Å². The summed E-state index contributed by atoms with van der Waals surface area (Å²) in [6, 6.07) is 15.2. The Bertz CT molecular complexity index is 784. The number of fused-ring (bicyclic) bond motifs is 1. The third-order valence-electron chi connectivity index (χ3n) is 5.48. The maximum atomic E-state index is 13.2. The SMILES string of the molecule is O=C(C1=CCOCC1)N(Cc1cccc2ccccc12)C1CCCC1. The molecule has 0 saturated heterocycles. The van der Waals surface area contributed by atoms with E-state index in [4.69, 9.17) is 4.74 Å². The number of rotatable bonds is 4. The van der Waals surface area contributed by atoms with E-state index in [1.54, 1.807) is 0 Å². The highest BCUT2D eigenvalue weighted by atomic mass is 16.5. The molecule has 130 valence electrons. The summed E-state index contributed by atoms with van der Waals surface area (Å²) in [6.07, 6.45) is 7.41. The zero-order valence-electron chi connectivity index (χ0n) is 14.6. The van der Waals surface area contributed by atoms with Crippen LogP contribution >= 0.6 is 0 Å². The Morgan fingerprint density at radius 3 is 2.68 bits per heavy atom. The van der Waals surface area contributed by atoms with Crippen molar-refractivity contribution in [2.24, 2.45) is 0 Å². The zero-order chi connectivity index (χ0) is 17.1. The van der Waals surface area contributed by atoms with Crippen molar-refractivity contribution in [3.05, 3.63) is 59.7 Å². The van der Waals surface area contributed by atoms with Crippen LogP contribution in [0.5, 0.6) is 0 Å². The van der Waals surface area contributed by atoms with Crippen molar-refractivity contribution in [2.75, 3.05) is 13.2 Å². The first-order valence-electron chi connectivity index (χ1n) is 9.37. The normalized spacial score (nSPS) is 18.3. The Morgan fingerprint density at radius 2 is 1.88 bits per heavy atom. The molecule has 0 unspecified atom stereocenters. The van der Waals surface area contributed by atoms with Gasteiger partial charge in [-0.3, -0.25) is 4.79 Å². The third-order valence-corrected chi connectivity index (χ3v) is 5.48. The Kier molecular flexibility index (Phi) is 4.84. The fraction of sp³-hybridized carbons (Fsp3) is 0.409. The van der Waals surface area contributed by atoms with Crippen molar-refractivity contribution in [1.29, 1.82) is 0 Å². The molecule has 25 heavy (non-hydrogen) atoms. The summed E-state index contributed by atoms with van der Waals surface area (Å²) in [6.45, 7) is 1.92. The molecule has 0 atom stereocenters. The average Bonchev–Trinajstić information content (AvgIpc) is 3.21. The lowest BCUT2D eigenvalue weighted by molar-refractivity contribution is -0.130. The summed E-state index contributed by atoms with van der Waals surface area (Å²) in [5.41, 5.74) is 2.17. The fourth-order valence-corrected chi connectivity index (χ4v) is 4.10. The van der Waals surface area contributed by atoms with Gasteiger partial charge in [0, 0.05) is 24.6 Å². The van der Waals surface area contributed by atoms with Gasteiger partial charge in [-0.25, -0.2) is 0 Å². The van der Waals surface area contributed by atoms with E-state index in [-0.39, 0.29) is 5.91 Å². The van der Waals surface area contributed by atoms with Crippen LogP contribution in [-0.4, -0.2) is 30.1 Å². The topological polar surface area (TPSA) is 29.5 Å². The highest BCUT2D eigenvalue weighted by Gasteiger charge is 2.29. The summed E-state index contributed by atoms with van der Waals surface area (Å²) in [5.74, 6) is 0.211. The van der Waals surface area contributed by atoms with E-state index >= 15 is 0 Å². The van der Waals surface area contributed by atoms with Crippen molar-refractivity contribution in [1.82, 2.24) is 4.90 Å². The Balaban J connectivity index is 1.66. The van der Waals surface area contributed by atoms with Gasteiger partial charge in [0.05, 0.1) is 13.2 Å². The standard InChI is InChI=1S/C22H25NO2/c24-22(18-12-14-25-15-13-18)23(20-9-2-3-10-20)16-19-8-5-7-17-6-1-4-11-21(17)19/h1,4-8,11-12,20H,2-3,9-10,13-16H2. The molecule has 3 heteroatoms. The molecule has 0 aromatic heterocycles. The van der Waals surface area contributed by atoms with Crippen molar-refractivity contribution in [3.63, 3.8) is 0 Å². The van der Waals surface area contributed by atoms with Crippen LogP contribution < -0.4 is 0 Å². The molecule has 0 bridgehead atoms. The van der Waals surface area contributed by atoms with E-state index < -0.39 is 0 Å². The van der Waals surface area contributed by atoms with E-state index in [1.807, 2.05) is 6.08 Å². The second-order valence-corrected chi connectivity index (χ2v) is 7.06. The molecular weight excluding hydrogens is 310 g/mol. The average molecular weight is 335 g/mol. The van der Waals surface area contributed by atoms with Gasteiger partial charge in [-0.1, -0.05) is 61.4 Å². The number of hydrogen-bond donors (Lipinski definition) is 0. The number of nitrogens with zero attached hydrogens (tertiary/aromatic N) is 1. The molecule has 3 nitrogen and oxygen atoms in total. The maximum Gasteiger partial charge on any atom is 0.250 e. The Morgan fingerprint density at radius 1 is 1.08 bits per heavy atom. The van der Waals surface area contributed by atoms with Gasteiger partial charge in [0.25, 0.3) is 0 Å². The Labute approximate surface area is 149 Å². The van der Waals surface area contributed by atoms with Crippen LogP contribution in [0.3, 0.4) is 0 Å². The largest absolute Gasteiger partial charge is 0.377 e. The smallest absolute Gasteiger partial charge is 0.250 e. The summed E-state index contributed by atoms with van der Waals surface area (Å²) in [5, 5.41) is 2.49. The predicted octanol–water partition coefficient (Wildman–Crippen LogP) is 4.46. The van der Waals surface area contributed by atoms with E-state index in [0.717, 1.165) is 24.8 Å². The molecule has 1 saturated carbocycles. The highest BCUT2D eigenvalue weighted by molar-refractivity contribution is 5.94. The monoisotopic (exact) mass is 335 g/mol. The van der Waals surface area contributed by atoms with Crippen molar-refractivity contribution >= 4 is 16.7 Å². The molecule has 1 heterocycles. The van der Waals surface area contributed by atoms with Crippen LogP contribution in [0, 0.1) is 0 Å². The Hall–Kier alpha value is -2.13. The van der Waals surface area contributed by atoms with E-state index in [2.05, 4.69) is 47.4 Å². The molecule has 2 aromatic rings. The number of hydrogen-bond acceptors (Lipinski definition) is 2. The van der Waals surface area contributed by atoms with Gasteiger partial charge in [-0.15, -0.1) is 0 Å². The molecule has 0 N–H and O–H groups in total. The number of benzene rings is 2. The van der Waals surface area contributed by atoms with Crippen molar-refractivity contribution in [2.45, 2.75) is 44.7 Å². The van der Waals surface area contributed by atoms with E-state index in [9.17, 15) is 4.79 Å². The van der Waals surface area contributed by atoms with Gasteiger partial charge in [0.15, 0.2) is 0 Å². The molecule has 4 rings (SSSR count). The minimum absolute atomic E-state index is 0.211. The van der Waals surface area contributed by atoms with Crippen LogP contribution in [-0.2, 0) is 16.1 Å². The summed E-state index contributed by atoms with van der Waals surface area (Å²) in [7, 11) is 0. The third kappa shape index (κ3) is 3.47. The predicted molar refractivity (Wildman–Crippen MR) is 100 cm³/mol. The summed E-state index contributed by atoms with van der Waals surface area (Å²) < 4.78 is 5.38. The molecule has 0 spiro atoms. The lowest BCUT2D eigenvalue weighted by atomic mass is 10.0. The van der Waals surface area contributed by atoms with Gasteiger partial charge >= 0.3 is 0 Å². The summed E-state index contributed by atoms with van der Waals surface area (Å²) >= 11 is 0. The lowest BCUT2D eigenvalue weighted by Gasteiger charge is -2.31. The fourth-order valence-electron chi connectivity index (χ4n) is 4.10. The van der Waals surface area contributed by atoms with Gasteiger partial charge < -0.3 is 9.64 Å². The van der Waals surface area contributed by atoms with Crippen molar-refractivity contribution in [3.8, 4) is 0 Å². The molecule has 0 radical (unpaired) electrons. The number of ether oxygens (including phenoxy) is 1. The van der Waals surface area contributed by atoms with Crippen molar-refractivity contribution < 1.29 is 9.53 Å².